The van der Waals surface area contributed by atoms with E-state index in [2.05, 4.69) is 10.1 Å². The fourth-order valence-corrected chi connectivity index (χ4v) is 5.85. The molecule has 11 nitrogen and oxygen atoms in total. The normalized spacial score (nSPS) is 19.8. The van der Waals surface area contributed by atoms with Gasteiger partial charge in [-0.05, 0) is 48.1 Å². The average molecular weight is 664 g/mol. The zero-order chi connectivity index (χ0) is 33.6. The molecule has 0 bridgehead atoms. The van der Waals surface area contributed by atoms with E-state index in [1.807, 2.05) is 57.2 Å². The van der Waals surface area contributed by atoms with Crippen LogP contribution in [0.2, 0.25) is 0 Å². The van der Waals surface area contributed by atoms with Crippen LogP contribution < -0.4 is 0 Å². The van der Waals surface area contributed by atoms with Crippen molar-refractivity contribution in [2.24, 2.45) is 12.5 Å². The number of aliphatic carboxylic acids is 2. The van der Waals surface area contributed by atoms with E-state index in [0.29, 0.717) is 19.6 Å². The minimum atomic E-state index is -5.08. The van der Waals surface area contributed by atoms with E-state index in [4.69, 9.17) is 19.8 Å². The molecular formula is C27H27F6N5O6S. The highest BCUT2D eigenvalue weighted by molar-refractivity contribution is 7.12. The van der Waals surface area contributed by atoms with Gasteiger partial charge in [-0.1, -0.05) is 6.07 Å². The molecule has 45 heavy (non-hydrogen) atoms. The van der Waals surface area contributed by atoms with Crippen LogP contribution in [-0.2, 0) is 28.0 Å². The zero-order valence-electron chi connectivity index (χ0n) is 23.5. The molecule has 18 heteroatoms. The van der Waals surface area contributed by atoms with Crippen LogP contribution in [0.25, 0.3) is 0 Å². The maximum Gasteiger partial charge on any atom is 0.490 e. The Morgan fingerprint density at radius 3 is 2.09 bits per heavy atom. The number of pyridine rings is 1. The summed E-state index contributed by atoms with van der Waals surface area (Å²) in [6, 6.07) is 9.64. The fraction of sp³-hybridized carbons (Fsp3) is 0.407. The topological polar surface area (TPSA) is 146 Å². The first kappa shape index (κ1) is 35.0. The van der Waals surface area contributed by atoms with Gasteiger partial charge in [-0.15, -0.1) is 11.3 Å². The number of hydrogen-bond donors (Lipinski definition) is 2. The van der Waals surface area contributed by atoms with Gasteiger partial charge in [0.1, 0.15) is 0 Å². The predicted molar refractivity (Wildman–Crippen MR) is 145 cm³/mol. The summed E-state index contributed by atoms with van der Waals surface area (Å²) in [6.07, 6.45) is -3.17. The standard InChI is InChI=1S/C23H25N5O2S.2C2HF3O2/c1-26-19(7-11-25-26)18-15-28(21(29)20-4-2-13-31-20)16-23(18)8-3-12-27(22(23)30)14-17-5-9-24-10-6-17;2*3-2(4,5)1(6)7/h2,4-7,9-11,13,18H,3,8,12,14-16H2,1H3;2*(H,6,7)/t18-,23+;;/m0../s1. The van der Waals surface area contributed by atoms with Crippen LogP contribution in [0.3, 0.4) is 0 Å². The first-order valence-corrected chi connectivity index (χ1v) is 13.9. The van der Waals surface area contributed by atoms with Crippen molar-refractivity contribution in [1.82, 2.24) is 24.6 Å². The lowest BCUT2D eigenvalue weighted by Gasteiger charge is -2.42. The van der Waals surface area contributed by atoms with Gasteiger partial charge in [-0.25, -0.2) is 9.59 Å². The van der Waals surface area contributed by atoms with Gasteiger partial charge >= 0.3 is 24.3 Å². The minimum absolute atomic E-state index is 0.0121. The second-order valence-electron chi connectivity index (χ2n) is 10.0. The highest BCUT2D eigenvalue weighted by atomic mass is 32.1. The summed E-state index contributed by atoms with van der Waals surface area (Å²) in [4.78, 5) is 53.6. The van der Waals surface area contributed by atoms with Crippen molar-refractivity contribution in [3.05, 3.63) is 70.4 Å². The minimum Gasteiger partial charge on any atom is -0.475 e. The first-order chi connectivity index (χ1) is 21.0. The fourth-order valence-electron chi connectivity index (χ4n) is 5.16. The molecule has 2 aliphatic rings. The molecule has 0 radical (unpaired) electrons. The average Bonchev–Trinajstić information content (AvgIpc) is 3.72. The molecule has 2 aliphatic heterocycles. The van der Waals surface area contributed by atoms with Crippen molar-refractivity contribution in [3.63, 3.8) is 0 Å². The third kappa shape index (κ3) is 8.58. The number of amides is 2. The Hall–Kier alpha value is -4.48. The maximum atomic E-state index is 14.0. The molecule has 2 amide bonds. The number of carboxylic acid groups (broad SMARTS) is 2. The lowest BCUT2D eigenvalue weighted by atomic mass is 9.70. The highest BCUT2D eigenvalue weighted by Gasteiger charge is 2.57. The molecule has 2 N–H and O–H groups in total. The molecule has 0 aromatic carbocycles. The van der Waals surface area contributed by atoms with Gasteiger partial charge in [0, 0.05) is 63.4 Å². The second-order valence-corrected chi connectivity index (χ2v) is 11.0. The van der Waals surface area contributed by atoms with Crippen molar-refractivity contribution in [3.8, 4) is 0 Å². The van der Waals surface area contributed by atoms with E-state index < -0.39 is 29.7 Å². The largest absolute Gasteiger partial charge is 0.490 e. The van der Waals surface area contributed by atoms with Gasteiger partial charge in [0.05, 0.1) is 10.3 Å². The highest BCUT2D eigenvalue weighted by Crippen LogP contribution is 2.50. The van der Waals surface area contributed by atoms with Crippen molar-refractivity contribution >= 4 is 35.1 Å². The smallest absolute Gasteiger partial charge is 0.475 e. The van der Waals surface area contributed by atoms with Crippen LogP contribution in [0.15, 0.2) is 54.3 Å². The number of aromatic nitrogens is 3. The van der Waals surface area contributed by atoms with Crippen molar-refractivity contribution < 1.29 is 55.7 Å². The maximum absolute atomic E-state index is 14.0. The third-order valence-electron chi connectivity index (χ3n) is 7.15. The Morgan fingerprint density at radius 2 is 1.60 bits per heavy atom. The molecule has 244 valence electrons. The van der Waals surface area contributed by atoms with Crippen LogP contribution in [0.1, 0.15) is 39.7 Å². The van der Waals surface area contributed by atoms with Crippen LogP contribution in [0.5, 0.6) is 0 Å². The van der Waals surface area contributed by atoms with Gasteiger partial charge in [-0.3, -0.25) is 19.3 Å². The van der Waals surface area contributed by atoms with E-state index in [1.165, 1.54) is 11.3 Å². The summed E-state index contributed by atoms with van der Waals surface area (Å²) in [6.45, 7) is 2.29. The molecule has 2 saturated heterocycles. The van der Waals surface area contributed by atoms with Gasteiger partial charge in [0.2, 0.25) is 5.91 Å². The second kappa shape index (κ2) is 14.1. The number of likely N-dealkylation sites (tertiary alicyclic amines) is 2. The third-order valence-corrected chi connectivity index (χ3v) is 8.01. The van der Waals surface area contributed by atoms with Crippen LogP contribution in [0, 0.1) is 5.41 Å². The Bertz CT molecular complexity index is 1460. The van der Waals surface area contributed by atoms with E-state index >= 15 is 0 Å². The van der Waals surface area contributed by atoms with Gasteiger partial charge in [-0.2, -0.15) is 31.4 Å². The van der Waals surface area contributed by atoms with Gasteiger partial charge < -0.3 is 20.0 Å². The monoisotopic (exact) mass is 663 g/mol. The first-order valence-electron chi connectivity index (χ1n) is 13.1. The molecule has 0 unspecified atom stereocenters. The van der Waals surface area contributed by atoms with Crippen LogP contribution >= 0.6 is 11.3 Å². The summed E-state index contributed by atoms with van der Waals surface area (Å²) in [5.41, 5.74) is 1.47. The number of halogens is 6. The lowest BCUT2D eigenvalue weighted by molar-refractivity contribution is -0.193. The number of nitrogens with zero attached hydrogens (tertiary/aromatic N) is 5. The van der Waals surface area contributed by atoms with Crippen molar-refractivity contribution in [2.45, 2.75) is 37.7 Å². The number of alkyl halides is 6. The number of aryl methyl sites for hydroxylation is 1. The number of rotatable bonds is 4. The number of piperidine rings is 1. The number of carbonyl (C=O) groups excluding carboxylic acids is 2. The van der Waals surface area contributed by atoms with Gasteiger partial charge in [0.15, 0.2) is 0 Å². The quantitative estimate of drug-likeness (QED) is 0.396. The molecule has 2 fully saturated rings. The molecule has 1 spiro atoms. The van der Waals surface area contributed by atoms with E-state index in [-0.39, 0.29) is 17.7 Å². The van der Waals surface area contributed by atoms with E-state index in [9.17, 15) is 35.9 Å². The van der Waals surface area contributed by atoms with Crippen LogP contribution in [0.4, 0.5) is 26.3 Å². The van der Waals surface area contributed by atoms with Gasteiger partial charge in [0.25, 0.3) is 5.91 Å². The number of carbonyl (C=O) groups is 4. The lowest BCUT2D eigenvalue weighted by Crippen LogP contribution is -2.52. The molecule has 5 rings (SSSR count). The predicted octanol–water partition coefficient (Wildman–Crippen LogP) is 4.19. The summed E-state index contributed by atoms with van der Waals surface area (Å²) in [7, 11) is 1.91. The van der Waals surface area contributed by atoms with Crippen LogP contribution in [-0.4, -0.2) is 90.5 Å². The Balaban J connectivity index is 0.000000331. The molecule has 3 aromatic heterocycles. The number of thiophene rings is 1. The number of carboxylic acids is 2. The molecule has 3 aromatic rings. The summed E-state index contributed by atoms with van der Waals surface area (Å²) < 4.78 is 65.3. The summed E-state index contributed by atoms with van der Waals surface area (Å²) >= 11 is 1.45. The SMILES string of the molecule is Cn1nccc1[C@@H]1CN(C(=O)c2cccs2)C[C@]12CCCN(Cc1ccncc1)C2=O.O=C(O)C(F)(F)F.O=C(O)C(F)(F)F. The molecule has 2 atom stereocenters. The van der Waals surface area contributed by atoms with Crippen molar-refractivity contribution in [1.29, 1.82) is 0 Å². The summed E-state index contributed by atoms with van der Waals surface area (Å²) in [5.74, 6) is -5.43. The molecular weight excluding hydrogens is 636 g/mol. The zero-order valence-corrected chi connectivity index (χ0v) is 24.3. The van der Waals surface area contributed by atoms with E-state index in [1.54, 1.807) is 18.6 Å². The van der Waals surface area contributed by atoms with Crippen molar-refractivity contribution in [2.75, 3.05) is 19.6 Å². The molecule has 0 saturated carbocycles. The Kier molecular flexibility index (Phi) is 11.0. The molecule has 0 aliphatic carbocycles. The summed E-state index contributed by atoms with van der Waals surface area (Å²) in [5, 5.41) is 20.5. The Morgan fingerprint density at radius 1 is 1.00 bits per heavy atom. The van der Waals surface area contributed by atoms with E-state index in [0.717, 1.165) is 35.5 Å². The number of hydrogen-bond acceptors (Lipinski definition) is 7. The Labute approximate surface area is 255 Å². The molecule has 5 heterocycles.